The lowest BCUT2D eigenvalue weighted by Crippen LogP contribution is -2.34. The van der Waals surface area contributed by atoms with Crippen LogP contribution in [0.1, 0.15) is 33.9 Å². The second kappa shape index (κ2) is 8.28. The molecular weight excluding hydrogens is 314 g/mol. The van der Waals surface area contributed by atoms with Crippen LogP contribution in [0.15, 0.2) is 35.8 Å². The molecule has 23 heavy (non-hydrogen) atoms. The molecular formula is C16H19N3O3S. The van der Waals surface area contributed by atoms with Crippen molar-refractivity contribution in [2.24, 2.45) is 0 Å². The third-order valence-corrected chi connectivity index (χ3v) is 3.67. The fourth-order valence-electron chi connectivity index (χ4n) is 1.82. The van der Waals surface area contributed by atoms with Crippen LogP contribution >= 0.6 is 11.3 Å². The van der Waals surface area contributed by atoms with Crippen molar-refractivity contribution < 1.29 is 14.3 Å². The van der Waals surface area contributed by atoms with Gasteiger partial charge < -0.3 is 15.4 Å². The van der Waals surface area contributed by atoms with E-state index < -0.39 is 0 Å². The van der Waals surface area contributed by atoms with Gasteiger partial charge in [-0.2, -0.15) is 0 Å². The van der Waals surface area contributed by atoms with E-state index in [1.54, 1.807) is 24.4 Å². The van der Waals surface area contributed by atoms with Gasteiger partial charge in [0.05, 0.1) is 11.0 Å². The Morgan fingerprint density at radius 3 is 2.57 bits per heavy atom. The molecule has 0 aliphatic carbocycles. The number of amides is 2. The van der Waals surface area contributed by atoms with Crippen LogP contribution in [0.3, 0.4) is 0 Å². The number of thiophene rings is 1. The van der Waals surface area contributed by atoms with E-state index in [2.05, 4.69) is 15.6 Å². The first-order valence-electron chi connectivity index (χ1n) is 7.29. The molecule has 6 nitrogen and oxygen atoms in total. The average Bonchev–Trinajstić information content (AvgIpc) is 3.05. The third-order valence-electron chi connectivity index (χ3n) is 2.80. The van der Waals surface area contributed by atoms with Crippen LogP contribution < -0.4 is 15.4 Å². The summed E-state index contributed by atoms with van der Waals surface area (Å²) in [7, 11) is 0. The van der Waals surface area contributed by atoms with Gasteiger partial charge in [0.1, 0.15) is 5.56 Å². The topological polar surface area (TPSA) is 80.3 Å². The summed E-state index contributed by atoms with van der Waals surface area (Å²) >= 11 is 1.38. The van der Waals surface area contributed by atoms with Gasteiger partial charge in [-0.3, -0.25) is 9.59 Å². The second-order valence-electron chi connectivity index (χ2n) is 5.01. The normalized spacial score (nSPS) is 10.4. The lowest BCUT2D eigenvalue weighted by Gasteiger charge is -2.12. The number of hydrogen-bond donors (Lipinski definition) is 2. The Labute approximate surface area is 138 Å². The number of pyridine rings is 1. The Kier molecular flexibility index (Phi) is 6.10. The molecule has 0 aliphatic rings. The van der Waals surface area contributed by atoms with E-state index in [1.165, 1.54) is 11.3 Å². The van der Waals surface area contributed by atoms with Crippen molar-refractivity contribution >= 4 is 23.2 Å². The number of carbonyl (C=O) groups excluding carboxylic acids is 2. The van der Waals surface area contributed by atoms with Crippen molar-refractivity contribution in [1.29, 1.82) is 0 Å². The maximum Gasteiger partial charge on any atom is 0.261 e. The minimum absolute atomic E-state index is 0.0680. The number of ether oxygens (including phenoxy) is 1. The highest BCUT2D eigenvalue weighted by molar-refractivity contribution is 7.12. The van der Waals surface area contributed by atoms with Gasteiger partial charge >= 0.3 is 0 Å². The van der Waals surface area contributed by atoms with Gasteiger partial charge in [-0.05, 0) is 37.4 Å². The highest BCUT2D eigenvalue weighted by Gasteiger charge is 2.14. The van der Waals surface area contributed by atoms with Crippen molar-refractivity contribution in [3.63, 3.8) is 0 Å². The van der Waals surface area contributed by atoms with E-state index in [9.17, 15) is 9.59 Å². The van der Waals surface area contributed by atoms with Crippen LogP contribution in [0.2, 0.25) is 0 Å². The summed E-state index contributed by atoms with van der Waals surface area (Å²) in [6.07, 6.45) is 1.51. The lowest BCUT2D eigenvalue weighted by molar-refractivity contribution is 0.0925. The van der Waals surface area contributed by atoms with E-state index >= 15 is 0 Å². The Bertz CT molecular complexity index is 656. The number of nitrogens with zero attached hydrogens (tertiary/aromatic N) is 1. The molecule has 0 saturated heterocycles. The fraction of sp³-hybridized carbons (Fsp3) is 0.312. The molecule has 122 valence electrons. The van der Waals surface area contributed by atoms with Crippen LogP contribution in [-0.2, 0) is 0 Å². The van der Waals surface area contributed by atoms with Crippen molar-refractivity contribution in [3.8, 4) is 5.88 Å². The number of aromatic nitrogens is 1. The molecule has 0 aromatic carbocycles. The molecule has 0 atom stereocenters. The van der Waals surface area contributed by atoms with Gasteiger partial charge in [-0.25, -0.2) is 4.98 Å². The Morgan fingerprint density at radius 1 is 1.17 bits per heavy atom. The molecule has 0 radical (unpaired) electrons. The van der Waals surface area contributed by atoms with Crippen LogP contribution in [0.25, 0.3) is 0 Å². The predicted molar refractivity (Wildman–Crippen MR) is 89.0 cm³/mol. The summed E-state index contributed by atoms with van der Waals surface area (Å²) in [5, 5.41) is 7.33. The monoisotopic (exact) mass is 333 g/mol. The van der Waals surface area contributed by atoms with Crippen molar-refractivity contribution in [3.05, 3.63) is 46.3 Å². The minimum atomic E-state index is -0.279. The summed E-state index contributed by atoms with van der Waals surface area (Å²) in [5.41, 5.74) is 0.380. The molecule has 2 N–H and O–H groups in total. The van der Waals surface area contributed by atoms with Crippen molar-refractivity contribution in [2.75, 3.05) is 13.1 Å². The molecule has 7 heteroatoms. The molecule has 2 amide bonds. The maximum absolute atomic E-state index is 12.2. The van der Waals surface area contributed by atoms with Gasteiger partial charge in [0.15, 0.2) is 0 Å². The molecule has 2 aromatic rings. The van der Waals surface area contributed by atoms with E-state index in [0.29, 0.717) is 29.4 Å². The fourth-order valence-corrected chi connectivity index (χ4v) is 2.46. The van der Waals surface area contributed by atoms with Gasteiger partial charge in [0, 0.05) is 19.3 Å². The number of nitrogens with one attached hydrogen (secondary N) is 2. The molecule has 2 aromatic heterocycles. The zero-order valence-electron chi connectivity index (χ0n) is 13.0. The Hall–Kier alpha value is -2.41. The highest BCUT2D eigenvalue weighted by atomic mass is 32.1. The van der Waals surface area contributed by atoms with Crippen LogP contribution in [-0.4, -0.2) is 36.0 Å². The molecule has 0 bridgehead atoms. The summed E-state index contributed by atoms with van der Waals surface area (Å²) < 4.78 is 5.52. The minimum Gasteiger partial charge on any atom is -0.474 e. The van der Waals surface area contributed by atoms with Gasteiger partial charge in [0.25, 0.3) is 11.8 Å². The predicted octanol–water partition coefficient (Wildman–Crippen LogP) is 2.09. The van der Waals surface area contributed by atoms with E-state index in [-0.39, 0.29) is 17.9 Å². The molecule has 0 unspecified atom stereocenters. The molecule has 0 aliphatic heterocycles. The Balaban J connectivity index is 1.82. The summed E-state index contributed by atoms with van der Waals surface area (Å²) in [4.78, 5) is 28.7. The highest BCUT2D eigenvalue weighted by Crippen LogP contribution is 2.15. The average molecular weight is 333 g/mol. The summed E-state index contributed by atoms with van der Waals surface area (Å²) in [5.74, 6) is -0.110. The number of carbonyl (C=O) groups is 2. The molecule has 0 spiro atoms. The summed E-state index contributed by atoms with van der Waals surface area (Å²) in [6, 6.07) is 6.91. The number of hydrogen-bond acceptors (Lipinski definition) is 5. The van der Waals surface area contributed by atoms with Gasteiger partial charge in [-0.15, -0.1) is 11.3 Å². The third kappa shape index (κ3) is 5.07. The zero-order chi connectivity index (χ0) is 16.7. The molecule has 0 saturated carbocycles. The first-order chi connectivity index (χ1) is 11.1. The van der Waals surface area contributed by atoms with Crippen molar-refractivity contribution in [1.82, 2.24) is 15.6 Å². The maximum atomic E-state index is 12.2. The van der Waals surface area contributed by atoms with E-state index in [1.807, 2.05) is 25.3 Å². The second-order valence-corrected chi connectivity index (χ2v) is 5.96. The van der Waals surface area contributed by atoms with Crippen LogP contribution in [0.4, 0.5) is 0 Å². The smallest absolute Gasteiger partial charge is 0.261 e. The molecule has 0 fully saturated rings. The standard InChI is InChI=1S/C16H19N3O3S/c1-11(2)22-16-12(5-3-7-19-16)14(20)17-8-9-18-15(21)13-6-4-10-23-13/h3-7,10-11H,8-9H2,1-2H3,(H,17,20)(H,18,21). The first kappa shape index (κ1) is 17.0. The number of rotatable bonds is 7. The molecule has 2 rings (SSSR count). The van der Waals surface area contributed by atoms with Crippen molar-refractivity contribution in [2.45, 2.75) is 20.0 Å². The van der Waals surface area contributed by atoms with Gasteiger partial charge in [-0.1, -0.05) is 6.07 Å². The SMILES string of the molecule is CC(C)Oc1ncccc1C(=O)NCCNC(=O)c1cccs1. The van der Waals surface area contributed by atoms with Crippen LogP contribution in [0, 0.1) is 0 Å². The van der Waals surface area contributed by atoms with Crippen LogP contribution in [0.5, 0.6) is 5.88 Å². The van der Waals surface area contributed by atoms with E-state index in [4.69, 9.17) is 4.74 Å². The quantitative estimate of drug-likeness (QED) is 0.760. The first-order valence-corrected chi connectivity index (χ1v) is 8.17. The van der Waals surface area contributed by atoms with Gasteiger partial charge in [0.2, 0.25) is 5.88 Å². The Morgan fingerprint density at radius 2 is 1.91 bits per heavy atom. The zero-order valence-corrected chi connectivity index (χ0v) is 13.9. The van der Waals surface area contributed by atoms with E-state index in [0.717, 1.165) is 0 Å². The largest absolute Gasteiger partial charge is 0.474 e. The lowest BCUT2D eigenvalue weighted by atomic mass is 10.2. The summed E-state index contributed by atoms with van der Waals surface area (Å²) in [6.45, 7) is 4.42. The molecule has 2 heterocycles.